The molecular weight excluding hydrogens is 244 g/mol. The van der Waals surface area contributed by atoms with Crippen LogP contribution in [0.1, 0.15) is 40.0 Å². The zero-order valence-corrected chi connectivity index (χ0v) is 12.5. The van der Waals surface area contributed by atoms with Crippen molar-refractivity contribution in [1.29, 1.82) is 0 Å². The summed E-state index contributed by atoms with van der Waals surface area (Å²) < 4.78 is 4.78. The summed E-state index contributed by atoms with van der Waals surface area (Å²) in [6, 6.07) is 0.168. The molecule has 2 amide bonds. The highest BCUT2D eigenvalue weighted by Gasteiger charge is 2.26. The van der Waals surface area contributed by atoms with Gasteiger partial charge in [-0.2, -0.15) is 0 Å². The van der Waals surface area contributed by atoms with E-state index in [-0.39, 0.29) is 29.9 Å². The van der Waals surface area contributed by atoms with Crippen LogP contribution in [0.2, 0.25) is 0 Å². The minimum Gasteiger partial charge on any atom is -0.375 e. The Morgan fingerprint density at radius 3 is 2.32 bits per heavy atom. The summed E-state index contributed by atoms with van der Waals surface area (Å²) in [6.07, 6.45) is 2.23. The molecule has 1 saturated heterocycles. The van der Waals surface area contributed by atoms with Crippen molar-refractivity contribution in [2.45, 2.75) is 46.1 Å². The first kappa shape index (κ1) is 16.0. The fourth-order valence-electron chi connectivity index (χ4n) is 2.24. The zero-order valence-electron chi connectivity index (χ0n) is 12.5. The third-order valence-electron chi connectivity index (χ3n) is 3.17. The number of nitrogens with one attached hydrogen (secondary N) is 1. The third kappa shape index (κ3) is 6.05. The van der Waals surface area contributed by atoms with Crippen LogP contribution in [0.3, 0.4) is 0 Å². The van der Waals surface area contributed by atoms with E-state index in [4.69, 9.17) is 4.74 Å². The Balaban J connectivity index is 2.32. The van der Waals surface area contributed by atoms with Crippen molar-refractivity contribution in [2.24, 2.45) is 5.41 Å². The molecule has 0 unspecified atom stereocenters. The first-order chi connectivity index (χ1) is 8.81. The molecular formula is C14H26N2O3. The van der Waals surface area contributed by atoms with E-state index in [0.29, 0.717) is 6.42 Å². The number of rotatable bonds is 4. The molecule has 5 heteroatoms. The molecule has 1 aliphatic rings. The number of hydrogen-bond donors (Lipinski definition) is 1. The standard InChI is InChI=1S/C14H26N2O3/c1-14(2,3)9-13(18)16-7-5-11(6-8-16)15-12(17)10-19-4/h11H,5-10H2,1-4H3,(H,15,17). The van der Waals surface area contributed by atoms with Crippen molar-refractivity contribution < 1.29 is 14.3 Å². The molecule has 0 spiro atoms. The largest absolute Gasteiger partial charge is 0.375 e. The zero-order chi connectivity index (χ0) is 14.5. The summed E-state index contributed by atoms with van der Waals surface area (Å²) in [5, 5.41) is 2.93. The van der Waals surface area contributed by atoms with Crippen molar-refractivity contribution in [3.8, 4) is 0 Å². The molecule has 1 N–H and O–H groups in total. The van der Waals surface area contributed by atoms with E-state index < -0.39 is 0 Å². The van der Waals surface area contributed by atoms with Gasteiger partial charge in [-0.1, -0.05) is 20.8 Å². The van der Waals surface area contributed by atoms with Gasteiger partial charge in [0.25, 0.3) is 0 Å². The molecule has 0 saturated carbocycles. The van der Waals surface area contributed by atoms with Crippen molar-refractivity contribution in [1.82, 2.24) is 10.2 Å². The quantitative estimate of drug-likeness (QED) is 0.834. The van der Waals surface area contributed by atoms with Gasteiger partial charge in [0, 0.05) is 32.7 Å². The number of carbonyl (C=O) groups excluding carboxylic acids is 2. The van der Waals surface area contributed by atoms with Gasteiger partial charge in [-0.15, -0.1) is 0 Å². The molecule has 1 aliphatic heterocycles. The molecule has 0 aromatic heterocycles. The molecule has 0 atom stereocenters. The smallest absolute Gasteiger partial charge is 0.246 e. The van der Waals surface area contributed by atoms with E-state index in [1.165, 1.54) is 7.11 Å². The Kier molecular flexibility index (Phi) is 5.79. The maximum absolute atomic E-state index is 12.1. The summed E-state index contributed by atoms with van der Waals surface area (Å²) >= 11 is 0. The van der Waals surface area contributed by atoms with Gasteiger partial charge in [-0.25, -0.2) is 0 Å². The number of piperidine rings is 1. The van der Waals surface area contributed by atoms with Gasteiger partial charge in [0.1, 0.15) is 6.61 Å². The van der Waals surface area contributed by atoms with Crippen LogP contribution in [0.5, 0.6) is 0 Å². The second kappa shape index (κ2) is 6.89. The number of hydrogen-bond acceptors (Lipinski definition) is 3. The van der Waals surface area contributed by atoms with Crippen LogP contribution in [0.4, 0.5) is 0 Å². The summed E-state index contributed by atoms with van der Waals surface area (Å²) in [4.78, 5) is 25.4. The van der Waals surface area contributed by atoms with Gasteiger partial charge in [0.2, 0.25) is 11.8 Å². The van der Waals surface area contributed by atoms with Crippen LogP contribution in [0, 0.1) is 5.41 Å². The molecule has 1 fully saturated rings. The molecule has 0 radical (unpaired) electrons. The molecule has 110 valence electrons. The van der Waals surface area contributed by atoms with Crippen molar-refractivity contribution in [3.63, 3.8) is 0 Å². The SMILES string of the molecule is COCC(=O)NC1CCN(C(=O)CC(C)(C)C)CC1. The van der Waals surface area contributed by atoms with E-state index in [2.05, 4.69) is 26.1 Å². The van der Waals surface area contributed by atoms with E-state index >= 15 is 0 Å². The van der Waals surface area contributed by atoms with Gasteiger partial charge in [-0.3, -0.25) is 9.59 Å². The Morgan fingerprint density at radius 2 is 1.84 bits per heavy atom. The van der Waals surface area contributed by atoms with Crippen LogP contribution in [-0.4, -0.2) is 49.6 Å². The predicted molar refractivity (Wildman–Crippen MR) is 73.7 cm³/mol. The Hall–Kier alpha value is -1.10. The molecule has 5 nitrogen and oxygen atoms in total. The number of methoxy groups -OCH3 is 1. The first-order valence-electron chi connectivity index (χ1n) is 6.88. The predicted octanol–water partition coefficient (Wildman–Crippen LogP) is 1.18. The van der Waals surface area contributed by atoms with E-state index in [1.807, 2.05) is 4.90 Å². The minimum atomic E-state index is -0.0815. The molecule has 1 heterocycles. The average molecular weight is 270 g/mol. The minimum absolute atomic E-state index is 0.0284. The third-order valence-corrected chi connectivity index (χ3v) is 3.17. The van der Waals surface area contributed by atoms with Crippen molar-refractivity contribution in [3.05, 3.63) is 0 Å². The number of nitrogens with zero attached hydrogens (tertiary/aromatic N) is 1. The fraction of sp³-hybridized carbons (Fsp3) is 0.857. The molecule has 19 heavy (non-hydrogen) atoms. The number of likely N-dealkylation sites (tertiary alicyclic amines) is 1. The number of ether oxygens (including phenoxy) is 1. The average Bonchev–Trinajstić information content (AvgIpc) is 2.27. The second-order valence-corrected chi connectivity index (χ2v) is 6.39. The fourth-order valence-corrected chi connectivity index (χ4v) is 2.24. The normalized spacial score (nSPS) is 17.4. The maximum atomic E-state index is 12.1. The van der Waals surface area contributed by atoms with Gasteiger partial charge in [-0.05, 0) is 18.3 Å². The van der Waals surface area contributed by atoms with Crippen molar-refractivity contribution in [2.75, 3.05) is 26.8 Å². The van der Waals surface area contributed by atoms with Gasteiger partial charge >= 0.3 is 0 Å². The van der Waals surface area contributed by atoms with Crippen LogP contribution < -0.4 is 5.32 Å². The van der Waals surface area contributed by atoms with E-state index in [1.54, 1.807) is 0 Å². The lowest BCUT2D eigenvalue weighted by molar-refractivity contribution is -0.134. The number of carbonyl (C=O) groups is 2. The topological polar surface area (TPSA) is 58.6 Å². The van der Waals surface area contributed by atoms with E-state index in [9.17, 15) is 9.59 Å². The van der Waals surface area contributed by atoms with Crippen LogP contribution in [-0.2, 0) is 14.3 Å². The highest BCUT2D eigenvalue weighted by molar-refractivity contribution is 5.78. The highest BCUT2D eigenvalue weighted by atomic mass is 16.5. The van der Waals surface area contributed by atoms with Gasteiger partial charge < -0.3 is 15.0 Å². The second-order valence-electron chi connectivity index (χ2n) is 6.39. The summed E-state index contributed by atoms with van der Waals surface area (Å²) in [6.45, 7) is 7.77. The molecule has 0 bridgehead atoms. The lowest BCUT2D eigenvalue weighted by Crippen LogP contribution is -2.47. The Morgan fingerprint density at radius 1 is 1.26 bits per heavy atom. The lowest BCUT2D eigenvalue weighted by Gasteiger charge is -2.34. The van der Waals surface area contributed by atoms with Crippen LogP contribution in [0.25, 0.3) is 0 Å². The Labute approximate surface area is 115 Å². The number of amides is 2. The molecule has 0 aromatic rings. The van der Waals surface area contributed by atoms with Crippen LogP contribution in [0.15, 0.2) is 0 Å². The van der Waals surface area contributed by atoms with Gasteiger partial charge in [0.15, 0.2) is 0 Å². The highest BCUT2D eigenvalue weighted by Crippen LogP contribution is 2.21. The maximum Gasteiger partial charge on any atom is 0.246 e. The molecule has 0 aliphatic carbocycles. The van der Waals surface area contributed by atoms with Crippen molar-refractivity contribution >= 4 is 11.8 Å². The monoisotopic (exact) mass is 270 g/mol. The lowest BCUT2D eigenvalue weighted by atomic mass is 9.91. The summed E-state index contributed by atoms with van der Waals surface area (Å²) in [7, 11) is 1.51. The first-order valence-corrected chi connectivity index (χ1v) is 6.88. The van der Waals surface area contributed by atoms with Crippen LogP contribution >= 0.6 is 0 Å². The van der Waals surface area contributed by atoms with Gasteiger partial charge in [0.05, 0.1) is 0 Å². The summed E-state index contributed by atoms with van der Waals surface area (Å²) in [5.74, 6) is 0.135. The van der Waals surface area contributed by atoms with E-state index in [0.717, 1.165) is 25.9 Å². The molecule has 1 rings (SSSR count). The Bertz CT molecular complexity index is 315. The summed E-state index contributed by atoms with van der Waals surface area (Å²) in [5.41, 5.74) is 0.0284. The molecule has 0 aromatic carbocycles.